The highest BCUT2D eigenvalue weighted by molar-refractivity contribution is 5.98. The molecule has 7 nitrogen and oxygen atoms in total. The van der Waals surface area contributed by atoms with Gasteiger partial charge in [0.2, 0.25) is 5.91 Å². The minimum absolute atomic E-state index is 0.199. The van der Waals surface area contributed by atoms with E-state index in [2.05, 4.69) is 5.32 Å². The Bertz CT molecular complexity index is 783. The maximum atomic E-state index is 12.0. The van der Waals surface area contributed by atoms with Crippen molar-refractivity contribution < 1.29 is 28.6 Å². The summed E-state index contributed by atoms with van der Waals surface area (Å²) in [5, 5.41) is 2.60. The quantitative estimate of drug-likeness (QED) is 0.538. The fourth-order valence-electron chi connectivity index (χ4n) is 2.15. The molecule has 0 saturated carbocycles. The van der Waals surface area contributed by atoms with Gasteiger partial charge in [-0.3, -0.25) is 9.59 Å². The summed E-state index contributed by atoms with van der Waals surface area (Å²) in [5.74, 6) is 0.0132. The predicted molar refractivity (Wildman–Crippen MR) is 99.1 cm³/mol. The summed E-state index contributed by atoms with van der Waals surface area (Å²) in [4.78, 5) is 34.7. The number of carbonyl (C=O) groups is 3. The van der Waals surface area contributed by atoms with Gasteiger partial charge in [-0.25, -0.2) is 4.79 Å². The number of hydrogen-bond acceptors (Lipinski definition) is 6. The Kier molecular flexibility index (Phi) is 7.37. The van der Waals surface area contributed by atoms with Gasteiger partial charge in [-0.05, 0) is 55.5 Å². The number of carbonyl (C=O) groups excluding carboxylic acids is 3. The fourth-order valence-corrected chi connectivity index (χ4v) is 2.15. The molecule has 142 valence electrons. The van der Waals surface area contributed by atoms with Gasteiger partial charge in [0.1, 0.15) is 11.5 Å². The van der Waals surface area contributed by atoms with Crippen LogP contribution in [0.1, 0.15) is 24.2 Å². The second kappa shape index (κ2) is 9.96. The molecule has 0 bridgehead atoms. The van der Waals surface area contributed by atoms with Gasteiger partial charge in [0.05, 0.1) is 6.61 Å². The van der Waals surface area contributed by atoms with Crippen molar-refractivity contribution in [3.05, 3.63) is 54.1 Å². The molecule has 0 fully saturated rings. The van der Waals surface area contributed by atoms with Crippen LogP contribution in [0.2, 0.25) is 0 Å². The number of nitrogens with one attached hydrogen (secondary N) is 1. The summed E-state index contributed by atoms with van der Waals surface area (Å²) in [5.41, 5.74) is 0.962. The minimum Gasteiger partial charge on any atom is -0.494 e. The van der Waals surface area contributed by atoms with Gasteiger partial charge in [0.25, 0.3) is 0 Å². The Labute approximate surface area is 157 Å². The molecule has 0 spiro atoms. The van der Waals surface area contributed by atoms with E-state index in [1.807, 2.05) is 6.92 Å². The maximum Gasteiger partial charge on any atom is 0.344 e. The first-order valence-corrected chi connectivity index (χ1v) is 8.40. The van der Waals surface area contributed by atoms with E-state index in [1.165, 1.54) is 6.92 Å². The van der Waals surface area contributed by atoms with E-state index in [9.17, 15) is 14.4 Å². The molecular weight excluding hydrogens is 350 g/mol. The van der Waals surface area contributed by atoms with Crippen molar-refractivity contribution >= 4 is 23.3 Å². The third-order valence-electron chi connectivity index (χ3n) is 3.38. The minimum atomic E-state index is -0.646. The van der Waals surface area contributed by atoms with E-state index < -0.39 is 5.97 Å². The molecule has 0 radical (unpaired) electrons. The highest BCUT2D eigenvalue weighted by Gasteiger charge is 2.11. The molecule has 0 aliphatic rings. The summed E-state index contributed by atoms with van der Waals surface area (Å²) in [6.07, 6.45) is 0. The Morgan fingerprint density at radius 3 is 2.00 bits per heavy atom. The fraction of sp³-hybridized carbons (Fsp3) is 0.250. The van der Waals surface area contributed by atoms with E-state index in [4.69, 9.17) is 14.2 Å². The van der Waals surface area contributed by atoms with Crippen molar-refractivity contribution in [1.29, 1.82) is 0 Å². The highest BCUT2D eigenvalue weighted by Crippen LogP contribution is 2.17. The zero-order valence-electron chi connectivity index (χ0n) is 15.2. The van der Waals surface area contributed by atoms with Gasteiger partial charge in [-0.15, -0.1) is 0 Å². The monoisotopic (exact) mass is 371 g/mol. The number of benzene rings is 2. The van der Waals surface area contributed by atoms with Crippen LogP contribution in [0, 0.1) is 0 Å². The molecule has 2 aromatic carbocycles. The first-order chi connectivity index (χ1) is 13.0. The summed E-state index contributed by atoms with van der Waals surface area (Å²) >= 11 is 0. The van der Waals surface area contributed by atoms with Crippen molar-refractivity contribution in [3.8, 4) is 11.5 Å². The van der Waals surface area contributed by atoms with Crippen molar-refractivity contribution in [2.24, 2.45) is 0 Å². The van der Waals surface area contributed by atoms with E-state index >= 15 is 0 Å². The largest absolute Gasteiger partial charge is 0.494 e. The normalized spacial score (nSPS) is 10.0. The number of amides is 1. The lowest BCUT2D eigenvalue weighted by atomic mass is 10.1. The predicted octanol–water partition coefficient (Wildman–Crippen LogP) is 2.85. The van der Waals surface area contributed by atoms with Crippen LogP contribution in [0.4, 0.5) is 5.69 Å². The van der Waals surface area contributed by atoms with Crippen LogP contribution in [0.25, 0.3) is 0 Å². The number of ether oxygens (including phenoxy) is 3. The Morgan fingerprint density at radius 2 is 1.44 bits per heavy atom. The molecule has 0 unspecified atom stereocenters. The molecule has 0 aliphatic heterocycles. The van der Waals surface area contributed by atoms with Crippen molar-refractivity contribution in [1.82, 2.24) is 0 Å². The first-order valence-electron chi connectivity index (χ1n) is 8.40. The first kappa shape index (κ1) is 20.0. The van der Waals surface area contributed by atoms with E-state index in [-0.39, 0.29) is 24.9 Å². The average Bonchev–Trinajstić information content (AvgIpc) is 2.66. The second-order valence-electron chi connectivity index (χ2n) is 5.54. The van der Waals surface area contributed by atoms with Crippen LogP contribution in [0.3, 0.4) is 0 Å². The van der Waals surface area contributed by atoms with Gasteiger partial charge in [-0.1, -0.05) is 0 Å². The molecule has 27 heavy (non-hydrogen) atoms. The average molecular weight is 371 g/mol. The smallest absolute Gasteiger partial charge is 0.344 e. The molecule has 0 saturated heterocycles. The van der Waals surface area contributed by atoms with Crippen molar-refractivity contribution in [2.45, 2.75) is 13.8 Å². The van der Waals surface area contributed by atoms with Crippen LogP contribution in [-0.4, -0.2) is 37.5 Å². The summed E-state index contributed by atoms with van der Waals surface area (Å²) in [7, 11) is 0. The third kappa shape index (κ3) is 6.81. The molecule has 0 heterocycles. The standard InChI is InChI=1S/C20H21NO6/c1-3-25-17-8-10-18(11-9-17)26-13-20(24)27-12-19(23)15-4-6-16(7-5-15)21-14(2)22/h4-11H,3,12-13H2,1-2H3,(H,21,22). The molecule has 0 aliphatic carbocycles. The lowest BCUT2D eigenvalue weighted by Gasteiger charge is -2.08. The van der Waals surface area contributed by atoms with Gasteiger partial charge < -0.3 is 19.5 Å². The zero-order valence-corrected chi connectivity index (χ0v) is 15.2. The third-order valence-corrected chi connectivity index (χ3v) is 3.38. The summed E-state index contributed by atoms with van der Waals surface area (Å²) in [6, 6.07) is 13.1. The molecule has 0 aromatic heterocycles. The number of Topliss-reactive ketones (excluding diaryl/α,β-unsaturated/α-hetero) is 1. The topological polar surface area (TPSA) is 90.9 Å². The number of anilines is 1. The second-order valence-corrected chi connectivity index (χ2v) is 5.54. The molecule has 0 atom stereocenters. The van der Waals surface area contributed by atoms with Gasteiger partial charge in [0, 0.05) is 18.2 Å². The molecule has 2 rings (SSSR count). The Hall–Kier alpha value is -3.35. The Morgan fingerprint density at radius 1 is 0.852 bits per heavy atom. The molecule has 7 heteroatoms. The number of ketones is 1. The van der Waals surface area contributed by atoms with Crippen LogP contribution >= 0.6 is 0 Å². The lowest BCUT2D eigenvalue weighted by Crippen LogP contribution is -2.19. The van der Waals surface area contributed by atoms with E-state index in [1.54, 1.807) is 48.5 Å². The summed E-state index contributed by atoms with van der Waals surface area (Å²) in [6.45, 7) is 3.16. The van der Waals surface area contributed by atoms with Crippen LogP contribution in [0.15, 0.2) is 48.5 Å². The molecule has 1 amide bonds. The van der Waals surface area contributed by atoms with Crippen LogP contribution < -0.4 is 14.8 Å². The number of hydrogen-bond donors (Lipinski definition) is 1. The highest BCUT2D eigenvalue weighted by atomic mass is 16.6. The Balaban J connectivity index is 1.75. The number of esters is 1. The molecular formula is C20H21NO6. The molecule has 2 aromatic rings. The van der Waals surface area contributed by atoms with Crippen molar-refractivity contribution in [3.63, 3.8) is 0 Å². The lowest BCUT2D eigenvalue weighted by molar-refractivity contribution is -0.144. The van der Waals surface area contributed by atoms with Crippen LogP contribution in [0.5, 0.6) is 11.5 Å². The van der Waals surface area contributed by atoms with Crippen LogP contribution in [-0.2, 0) is 14.3 Å². The van der Waals surface area contributed by atoms with Gasteiger partial charge >= 0.3 is 5.97 Å². The molecule has 1 N–H and O–H groups in total. The SMILES string of the molecule is CCOc1ccc(OCC(=O)OCC(=O)c2ccc(NC(C)=O)cc2)cc1. The summed E-state index contributed by atoms with van der Waals surface area (Å²) < 4.78 is 15.6. The van der Waals surface area contributed by atoms with Gasteiger partial charge in [-0.2, -0.15) is 0 Å². The maximum absolute atomic E-state index is 12.0. The van der Waals surface area contributed by atoms with Crippen molar-refractivity contribution in [2.75, 3.05) is 25.1 Å². The van der Waals surface area contributed by atoms with E-state index in [0.29, 0.717) is 29.4 Å². The van der Waals surface area contributed by atoms with E-state index in [0.717, 1.165) is 0 Å². The van der Waals surface area contributed by atoms with Gasteiger partial charge in [0.15, 0.2) is 19.0 Å². The zero-order chi connectivity index (χ0) is 19.6. The number of rotatable bonds is 9.